The summed E-state index contributed by atoms with van der Waals surface area (Å²) in [6.45, 7) is 2.16. The van der Waals surface area contributed by atoms with Crippen LogP contribution >= 0.6 is 0 Å². The number of hydrogen-bond donors (Lipinski definition) is 2. The van der Waals surface area contributed by atoms with Crippen molar-refractivity contribution in [3.8, 4) is 11.5 Å². The molecule has 0 bridgehead atoms. The van der Waals surface area contributed by atoms with Crippen molar-refractivity contribution < 1.29 is 30.7 Å². The fourth-order valence-corrected chi connectivity index (χ4v) is 4.48. The average molecular weight is 457 g/mol. The number of aryl methyl sites for hydroxylation is 1. The van der Waals surface area contributed by atoms with Crippen molar-refractivity contribution in [3.05, 3.63) is 48.0 Å². The second-order valence-electron chi connectivity index (χ2n) is 7.11. The monoisotopic (exact) mass is 456 g/mol. The van der Waals surface area contributed by atoms with E-state index in [4.69, 9.17) is 4.74 Å². The number of unbranched alkanes of at least 4 members (excludes halogenated alkanes) is 6. The molecule has 0 spiro atoms. The molecule has 2 rings (SSSR count). The maximum Gasteiger partial charge on any atom is 0.298 e. The quantitative estimate of drug-likeness (QED) is 0.330. The van der Waals surface area contributed by atoms with E-state index in [2.05, 4.69) is 6.92 Å². The Morgan fingerprint density at radius 3 is 1.93 bits per heavy atom. The fraction of sp³-hybridized carbons (Fsp3) is 0.429. The van der Waals surface area contributed by atoms with Crippen LogP contribution in [0.5, 0.6) is 11.5 Å². The summed E-state index contributed by atoms with van der Waals surface area (Å²) in [4.78, 5) is -0.940. The fourth-order valence-electron chi connectivity index (χ4n) is 3.21. The van der Waals surface area contributed by atoms with E-state index in [9.17, 15) is 25.9 Å². The third-order valence-electron chi connectivity index (χ3n) is 4.73. The molecule has 0 heterocycles. The zero-order chi connectivity index (χ0) is 22.2. The van der Waals surface area contributed by atoms with Gasteiger partial charge < -0.3 is 4.74 Å². The van der Waals surface area contributed by atoms with E-state index in [1.165, 1.54) is 49.6 Å². The SMILES string of the molecule is CCCCCCCCCc1cccc(S(=O)(=O)O)c1Oc1ccccc1S(=O)(=O)O. The lowest BCUT2D eigenvalue weighted by Gasteiger charge is -2.16. The molecule has 2 aromatic carbocycles. The topological polar surface area (TPSA) is 118 Å². The first-order chi connectivity index (χ1) is 14.1. The summed E-state index contributed by atoms with van der Waals surface area (Å²) >= 11 is 0. The Balaban J connectivity index is 2.29. The molecule has 0 amide bonds. The van der Waals surface area contributed by atoms with Gasteiger partial charge in [-0.1, -0.05) is 69.7 Å². The number of ether oxygens (including phenoxy) is 1. The van der Waals surface area contributed by atoms with Gasteiger partial charge in [-0.25, -0.2) is 0 Å². The van der Waals surface area contributed by atoms with Crippen LogP contribution in [0, 0.1) is 0 Å². The van der Waals surface area contributed by atoms with E-state index in [0.717, 1.165) is 31.7 Å². The third-order valence-corrected chi connectivity index (χ3v) is 6.50. The van der Waals surface area contributed by atoms with Crippen LogP contribution in [-0.2, 0) is 26.7 Å². The van der Waals surface area contributed by atoms with Crippen LogP contribution in [0.4, 0.5) is 0 Å². The molecule has 0 radical (unpaired) electrons. The van der Waals surface area contributed by atoms with E-state index in [-0.39, 0.29) is 11.5 Å². The number of rotatable bonds is 12. The van der Waals surface area contributed by atoms with Crippen LogP contribution in [0.1, 0.15) is 57.4 Å². The van der Waals surface area contributed by atoms with Crippen LogP contribution in [0.3, 0.4) is 0 Å². The predicted octanol–water partition coefficient (Wildman–Crippen LogP) is 5.27. The molecule has 0 saturated carbocycles. The number of benzene rings is 2. The Hall–Kier alpha value is -1.94. The van der Waals surface area contributed by atoms with Crippen LogP contribution in [-0.4, -0.2) is 25.9 Å². The second-order valence-corrected chi connectivity index (χ2v) is 9.89. The summed E-state index contributed by atoms with van der Waals surface area (Å²) < 4.78 is 71.7. The van der Waals surface area contributed by atoms with Crippen LogP contribution in [0.15, 0.2) is 52.3 Å². The van der Waals surface area contributed by atoms with Gasteiger partial charge in [0.15, 0.2) is 5.75 Å². The first-order valence-electron chi connectivity index (χ1n) is 9.98. The van der Waals surface area contributed by atoms with Crippen LogP contribution in [0.25, 0.3) is 0 Å². The average Bonchev–Trinajstić information content (AvgIpc) is 2.67. The second kappa shape index (κ2) is 10.9. The van der Waals surface area contributed by atoms with E-state index in [1.54, 1.807) is 6.07 Å². The lowest BCUT2D eigenvalue weighted by atomic mass is 10.0. The van der Waals surface area contributed by atoms with Gasteiger partial charge >= 0.3 is 0 Å². The van der Waals surface area contributed by atoms with Gasteiger partial charge in [0, 0.05) is 0 Å². The summed E-state index contributed by atoms with van der Waals surface area (Å²) in [5.41, 5.74) is 0.531. The molecule has 0 aliphatic carbocycles. The van der Waals surface area contributed by atoms with E-state index >= 15 is 0 Å². The molecule has 2 N–H and O–H groups in total. The van der Waals surface area contributed by atoms with Gasteiger partial charge in [-0.3, -0.25) is 9.11 Å². The maximum absolute atomic E-state index is 11.9. The lowest BCUT2D eigenvalue weighted by molar-refractivity contribution is 0.429. The maximum atomic E-state index is 11.9. The highest BCUT2D eigenvalue weighted by Crippen LogP contribution is 2.36. The standard InChI is InChI=1S/C21H28O7S2/c1-2-3-4-5-6-7-8-12-17-13-11-16-20(30(25,26)27)21(17)28-18-14-9-10-15-19(18)29(22,23)24/h9-11,13-16H,2-8,12H2,1H3,(H,22,23,24)(H,25,26,27). The first kappa shape index (κ1) is 24.3. The summed E-state index contributed by atoms with van der Waals surface area (Å²) in [5.74, 6) is -0.362. The Morgan fingerprint density at radius 2 is 1.30 bits per heavy atom. The van der Waals surface area contributed by atoms with Gasteiger partial charge in [-0.05, 0) is 36.6 Å². The molecule has 2 aromatic rings. The van der Waals surface area contributed by atoms with Gasteiger partial charge in [-0.2, -0.15) is 16.8 Å². The number of hydrogen-bond acceptors (Lipinski definition) is 5. The van der Waals surface area contributed by atoms with Gasteiger partial charge in [0.1, 0.15) is 15.5 Å². The summed E-state index contributed by atoms with van der Waals surface area (Å²) in [6, 6.07) is 9.73. The zero-order valence-corrected chi connectivity index (χ0v) is 18.6. The zero-order valence-electron chi connectivity index (χ0n) is 17.0. The largest absolute Gasteiger partial charge is 0.454 e. The Bertz CT molecular complexity index is 1040. The molecule has 0 atom stereocenters. The lowest BCUT2D eigenvalue weighted by Crippen LogP contribution is -2.06. The van der Waals surface area contributed by atoms with Gasteiger partial charge in [0.25, 0.3) is 20.2 Å². The minimum Gasteiger partial charge on any atom is -0.454 e. The molecule has 0 aromatic heterocycles. The van der Waals surface area contributed by atoms with Crippen LogP contribution < -0.4 is 4.74 Å². The van der Waals surface area contributed by atoms with Crippen molar-refractivity contribution in [1.29, 1.82) is 0 Å². The van der Waals surface area contributed by atoms with Gasteiger partial charge in [0.05, 0.1) is 0 Å². The van der Waals surface area contributed by atoms with Crippen molar-refractivity contribution >= 4 is 20.2 Å². The molecular weight excluding hydrogens is 428 g/mol. The Kier molecular flexibility index (Phi) is 8.84. The van der Waals surface area contributed by atoms with Crippen molar-refractivity contribution in [2.45, 2.75) is 68.1 Å². The molecular formula is C21H28O7S2. The highest BCUT2D eigenvalue weighted by atomic mass is 32.2. The Morgan fingerprint density at radius 1 is 0.733 bits per heavy atom. The molecule has 0 fully saturated rings. The van der Waals surface area contributed by atoms with Crippen molar-refractivity contribution in [2.24, 2.45) is 0 Å². The molecule has 0 saturated heterocycles. The summed E-state index contributed by atoms with van der Waals surface area (Å²) in [6.07, 6.45) is 8.04. The van der Waals surface area contributed by atoms with E-state index in [0.29, 0.717) is 12.0 Å². The highest BCUT2D eigenvalue weighted by Gasteiger charge is 2.23. The van der Waals surface area contributed by atoms with Crippen molar-refractivity contribution in [2.75, 3.05) is 0 Å². The molecule has 30 heavy (non-hydrogen) atoms. The normalized spacial score (nSPS) is 12.1. The van der Waals surface area contributed by atoms with E-state index in [1.807, 2.05) is 0 Å². The molecule has 166 valence electrons. The highest BCUT2D eigenvalue weighted by molar-refractivity contribution is 7.86. The smallest absolute Gasteiger partial charge is 0.298 e. The van der Waals surface area contributed by atoms with Gasteiger partial charge in [-0.15, -0.1) is 0 Å². The molecule has 0 aliphatic heterocycles. The Labute approximate surface area is 178 Å². The van der Waals surface area contributed by atoms with Crippen molar-refractivity contribution in [1.82, 2.24) is 0 Å². The van der Waals surface area contributed by atoms with Crippen LogP contribution in [0.2, 0.25) is 0 Å². The number of para-hydroxylation sites is 2. The van der Waals surface area contributed by atoms with E-state index < -0.39 is 30.0 Å². The minimum atomic E-state index is -4.61. The molecule has 0 aliphatic rings. The first-order valence-corrected chi connectivity index (χ1v) is 12.9. The predicted molar refractivity (Wildman–Crippen MR) is 114 cm³/mol. The molecule has 7 nitrogen and oxygen atoms in total. The minimum absolute atomic E-state index is 0.137. The van der Waals surface area contributed by atoms with Gasteiger partial charge in [0.2, 0.25) is 0 Å². The molecule has 0 unspecified atom stereocenters. The molecule has 9 heteroatoms. The third kappa shape index (κ3) is 7.09. The summed E-state index contributed by atoms with van der Waals surface area (Å²) in [5, 5.41) is 0. The summed E-state index contributed by atoms with van der Waals surface area (Å²) in [7, 11) is -9.19. The van der Waals surface area contributed by atoms with Crippen molar-refractivity contribution in [3.63, 3.8) is 0 Å².